The number of rotatable bonds is 6. The molecule has 0 heterocycles. The summed E-state index contributed by atoms with van der Waals surface area (Å²) in [5.74, 6) is 1.18. The second-order valence-electron chi connectivity index (χ2n) is 4.18. The number of benzene rings is 2. The highest BCUT2D eigenvalue weighted by atomic mass is 35.5. The van der Waals surface area contributed by atoms with Crippen molar-refractivity contribution in [3.63, 3.8) is 0 Å². The van der Waals surface area contributed by atoms with Gasteiger partial charge in [-0.05, 0) is 42.8 Å². The minimum absolute atomic E-state index is 0.390. The standard InChI is InChI=1S/C16H15ClO3/c1-2-19-16-9-12(10-18)6-7-15(16)20-11-13-4-3-5-14(17)8-13/h3-10H,2,11H2,1H3. The Balaban J connectivity index is 2.14. The van der Waals surface area contributed by atoms with Crippen molar-refractivity contribution in [2.24, 2.45) is 0 Å². The Kier molecular flexibility index (Phi) is 5.02. The molecule has 0 saturated carbocycles. The molecule has 0 atom stereocenters. The molecule has 0 saturated heterocycles. The Morgan fingerprint density at radius 2 is 1.95 bits per heavy atom. The zero-order valence-corrected chi connectivity index (χ0v) is 11.9. The van der Waals surface area contributed by atoms with Gasteiger partial charge in [-0.25, -0.2) is 0 Å². The number of halogens is 1. The van der Waals surface area contributed by atoms with Crippen LogP contribution in [0.15, 0.2) is 42.5 Å². The van der Waals surface area contributed by atoms with Gasteiger partial charge in [-0.3, -0.25) is 4.79 Å². The van der Waals surface area contributed by atoms with Crippen LogP contribution < -0.4 is 9.47 Å². The van der Waals surface area contributed by atoms with E-state index in [-0.39, 0.29) is 0 Å². The van der Waals surface area contributed by atoms with Crippen molar-refractivity contribution in [1.29, 1.82) is 0 Å². The fourth-order valence-electron chi connectivity index (χ4n) is 1.77. The van der Waals surface area contributed by atoms with Gasteiger partial charge in [0, 0.05) is 10.6 Å². The Hall–Kier alpha value is -2.00. The predicted molar refractivity (Wildman–Crippen MR) is 78.8 cm³/mol. The Bertz CT molecular complexity index is 596. The van der Waals surface area contributed by atoms with Crippen molar-refractivity contribution in [1.82, 2.24) is 0 Å². The summed E-state index contributed by atoms with van der Waals surface area (Å²) in [5, 5.41) is 0.674. The Morgan fingerprint density at radius 3 is 2.65 bits per heavy atom. The minimum Gasteiger partial charge on any atom is -0.490 e. The molecular formula is C16H15ClO3. The van der Waals surface area contributed by atoms with E-state index in [0.29, 0.717) is 35.3 Å². The molecule has 0 aromatic heterocycles. The maximum absolute atomic E-state index is 10.8. The number of carbonyl (C=O) groups is 1. The maximum atomic E-state index is 10.8. The zero-order valence-electron chi connectivity index (χ0n) is 11.1. The summed E-state index contributed by atoms with van der Waals surface area (Å²) in [6, 6.07) is 12.6. The first-order valence-corrected chi connectivity index (χ1v) is 6.70. The first-order valence-electron chi connectivity index (χ1n) is 6.32. The van der Waals surface area contributed by atoms with E-state index in [1.165, 1.54) is 0 Å². The van der Waals surface area contributed by atoms with Crippen molar-refractivity contribution < 1.29 is 14.3 Å². The van der Waals surface area contributed by atoms with Gasteiger partial charge >= 0.3 is 0 Å². The normalized spacial score (nSPS) is 10.1. The third-order valence-corrected chi connectivity index (χ3v) is 2.92. The first kappa shape index (κ1) is 14.4. The van der Waals surface area contributed by atoms with Gasteiger partial charge in [-0.15, -0.1) is 0 Å². The summed E-state index contributed by atoms with van der Waals surface area (Å²) in [4.78, 5) is 10.8. The molecule has 3 nitrogen and oxygen atoms in total. The molecule has 2 aromatic carbocycles. The van der Waals surface area contributed by atoms with Crippen LogP contribution in [0.3, 0.4) is 0 Å². The van der Waals surface area contributed by atoms with Crippen LogP contribution >= 0.6 is 11.6 Å². The minimum atomic E-state index is 0.390. The smallest absolute Gasteiger partial charge is 0.161 e. The van der Waals surface area contributed by atoms with Crippen molar-refractivity contribution in [3.05, 3.63) is 58.6 Å². The quantitative estimate of drug-likeness (QED) is 0.750. The highest BCUT2D eigenvalue weighted by molar-refractivity contribution is 6.30. The Morgan fingerprint density at radius 1 is 1.10 bits per heavy atom. The van der Waals surface area contributed by atoms with Crippen LogP contribution in [-0.2, 0) is 6.61 Å². The van der Waals surface area contributed by atoms with E-state index in [9.17, 15) is 4.79 Å². The van der Waals surface area contributed by atoms with Gasteiger partial charge in [0.15, 0.2) is 11.5 Å². The monoisotopic (exact) mass is 290 g/mol. The maximum Gasteiger partial charge on any atom is 0.161 e. The van der Waals surface area contributed by atoms with Gasteiger partial charge in [0.25, 0.3) is 0 Å². The molecular weight excluding hydrogens is 276 g/mol. The van der Waals surface area contributed by atoms with Crippen molar-refractivity contribution in [3.8, 4) is 11.5 Å². The molecule has 0 fully saturated rings. The van der Waals surface area contributed by atoms with Crippen LogP contribution in [-0.4, -0.2) is 12.9 Å². The SMILES string of the molecule is CCOc1cc(C=O)ccc1OCc1cccc(Cl)c1. The van der Waals surface area contributed by atoms with Crippen LogP contribution in [0.4, 0.5) is 0 Å². The number of aldehydes is 1. The molecule has 2 rings (SSSR count). The molecule has 0 aliphatic carbocycles. The molecule has 0 N–H and O–H groups in total. The number of hydrogen-bond donors (Lipinski definition) is 0. The molecule has 0 spiro atoms. The molecule has 104 valence electrons. The largest absolute Gasteiger partial charge is 0.490 e. The number of carbonyl (C=O) groups excluding carboxylic acids is 1. The summed E-state index contributed by atoms with van der Waals surface area (Å²) < 4.78 is 11.2. The lowest BCUT2D eigenvalue weighted by molar-refractivity contribution is 0.112. The third kappa shape index (κ3) is 3.75. The van der Waals surface area contributed by atoms with Crippen molar-refractivity contribution >= 4 is 17.9 Å². The van der Waals surface area contributed by atoms with E-state index in [1.807, 2.05) is 31.2 Å². The summed E-state index contributed by atoms with van der Waals surface area (Å²) >= 11 is 5.93. The van der Waals surface area contributed by atoms with Crippen molar-refractivity contribution in [2.45, 2.75) is 13.5 Å². The molecule has 0 amide bonds. The van der Waals surface area contributed by atoms with Crippen LogP contribution in [0.2, 0.25) is 5.02 Å². The van der Waals surface area contributed by atoms with E-state index in [2.05, 4.69) is 0 Å². The van der Waals surface area contributed by atoms with E-state index in [1.54, 1.807) is 18.2 Å². The summed E-state index contributed by atoms with van der Waals surface area (Å²) in [7, 11) is 0. The van der Waals surface area contributed by atoms with Gasteiger partial charge < -0.3 is 9.47 Å². The first-order chi connectivity index (χ1) is 9.72. The van der Waals surface area contributed by atoms with Crippen LogP contribution in [0.25, 0.3) is 0 Å². The highest BCUT2D eigenvalue weighted by Crippen LogP contribution is 2.29. The average Bonchev–Trinajstić information content (AvgIpc) is 2.46. The average molecular weight is 291 g/mol. The Labute approximate surface area is 123 Å². The summed E-state index contributed by atoms with van der Waals surface area (Å²) in [5.41, 5.74) is 1.53. The fourth-order valence-corrected chi connectivity index (χ4v) is 1.99. The third-order valence-electron chi connectivity index (χ3n) is 2.69. The lowest BCUT2D eigenvalue weighted by Crippen LogP contribution is -2.00. The lowest BCUT2D eigenvalue weighted by atomic mass is 10.2. The van der Waals surface area contributed by atoms with Gasteiger partial charge in [-0.2, -0.15) is 0 Å². The lowest BCUT2D eigenvalue weighted by Gasteiger charge is -2.12. The molecule has 4 heteroatoms. The van der Waals surface area contributed by atoms with Gasteiger partial charge in [-0.1, -0.05) is 23.7 Å². The molecule has 2 aromatic rings. The van der Waals surface area contributed by atoms with Crippen molar-refractivity contribution in [2.75, 3.05) is 6.61 Å². The molecule has 0 radical (unpaired) electrons. The van der Waals surface area contributed by atoms with E-state index < -0.39 is 0 Å². The van der Waals surface area contributed by atoms with E-state index in [0.717, 1.165) is 11.8 Å². The summed E-state index contributed by atoms with van der Waals surface area (Å²) in [6.07, 6.45) is 0.781. The van der Waals surface area contributed by atoms with Gasteiger partial charge in [0.2, 0.25) is 0 Å². The number of hydrogen-bond acceptors (Lipinski definition) is 3. The molecule has 0 unspecified atom stereocenters. The van der Waals surface area contributed by atoms with E-state index in [4.69, 9.17) is 21.1 Å². The number of ether oxygens (including phenoxy) is 2. The molecule has 20 heavy (non-hydrogen) atoms. The van der Waals surface area contributed by atoms with Gasteiger partial charge in [0.1, 0.15) is 12.9 Å². The summed E-state index contributed by atoms with van der Waals surface area (Å²) in [6.45, 7) is 2.78. The highest BCUT2D eigenvalue weighted by Gasteiger charge is 2.07. The second-order valence-corrected chi connectivity index (χ2v) is 4.61. The molecule has 0 aliphatic rings. The van der Waals surface area contributed by atoms with E-state index >= 15 is 0 Å². The molecule has 0 bridgehead atoms. The van der Waals surface area contributed by atoms with Crippen LogP contribution in [0, 0.1) is 0 Å². The molecule has 0 aliphatic heterocycles. The van der Waals surface area contributed by atoms with Gasteiger partial charge in [0.05, 0.1) is 6.61 Å². The second kappa shape index (κ2) is 6.96. The topological polar surface area (TPSA) is 35.5 Å². The predicted octanol–water partition coefficient (Wildman–Crippen LogP) is 4.13. The zero-order chi connectivity index (χ0) is 14.4. The fraction of sp³-hybridized carbons (Fsp3) is 0.188. The van der Waals surface area contributed by atoms with Crippen LogP contribution in [0.1, 0.15) is 22.8 Å². The van der Waals surface area contributed by atoms with Crippen LogP contribution in [0.5, 0.6) is 11.5 Å².